The van der Waals surface area contributed by atoms with E-state index in [9.17, 15) is 0 Å². The Bertz CT molecular complexity index is 1600. The van der Waals surface area contributed by atoms with E-state index in [1.807, 2.05) is 11.3 Å². The highest BCUT2D eigenvalue weighted by Crippen LogP contribution is 2.47. The van der Waals surface area contributed by atoms with Crippen LogP contribution in [0.4, 0.5) is 0 Å². The first-order chi connectivity index (χ1) is 19.0. The van der Waals surface area contributed by atoms with Crippen molar-refractivity contribution < 1.29 is 0 Å². The topological polar surface area (TPSA) is 0 Å². The Labute approximate surface area is 242 Å². The second-order valence-corrected chi connectivity index (χ2v) is 22.2. The summed E-state index contributed by atoms with van der Waals surface area (Å²) >= 11 is 1.92. The highest BCUT2D eigenvalue weighted by molar-refractivity contribution is 7.25. The van der Waals surface area contributed by atoms with Gasteiger partial charge in [0, 0.05) is 20.2 Å². The Morgan fingerprint density at radius 3 is 1.51 bits per heavy atom. The van der Waals surface area contributed by atoms with Crippen molar-refractivity contribution in [3.63, 3.8) is 0 Å². The first-order valence-corrected chi connectivity index (χ1v) is 21.1. The van der Waals surface area contributed by atoms with Crippen LogP contribution in [-0.2, 0) is 0 Å². The molecule has 0 bridgehead atoms. The zero-order valence-electron chi connectivity index (χ0n) is 24.6. The molecule has 1 aliphatic carbocycles. The Kier molecular flexibility index (Phi) is 8.25. The van der Waals surface area contributed by atoms with Gasteiger partial charge in [0.05, 0.1) is 11.8 Å². The van der Waals surface area contributed by atoms with Gasteiger partial charge < -0.3 is 0 Å². The standard InChI is InChI=1S/C36H42SSi2/c1-7-38(8-2,9-3)23-21-29-27-17-13-14-18-28(27)30(22-24-39(10-4,11-5)12-6)33-26-36-34(25-32(29)33)31-19-15-16-20-35(31)37-36/h13-20,25-26,29-30H,7-12H2,1-6H3. The monoisotopic (exact) mass is 562 g/mol. The molecule has 1 aromatic heterocycles. The third-order valence-electron chi connectivity index (χ3n) is 9.85. The maximum Gasteiger partial charge on any atom is 0.137 e. The molecule has 0 saturated carbocycles. The first-order valence-electron chi connectivity index (χ1n) is 15.1. The van der Waals surface area contributed by atoms with Crippen LogP contribution < -0.4 is 0 Å². The predicted molar refractivity (Wildman–Crippen MR) is 179 cm³/mol. The minimum absolute atomic E-state index is 0.111. The van der Waals surface area contributed by atoms with Crippen LogP contribution in [0.25, 0.3) is 20.2 Å². The molecule has 200 valence electrons. The van der Waals surface area contributed by atoms with Gasteiger partial charge in [-0.05, 0) is 76.7 Å². The fourth-order valence-corrected chi connectivity index (χ4v) is 12.6. The molecular weight excluding hydrogens is 521 g/mol. The van der Waals surface area contributed by atoms with E-state index < -0.39 is 16.1 Å². The highest BCUT2D eigenvalue weighted by Gasteiger charge is 2.33. The molecule has 0 N–H and O–H groups in total. The van der Waals surface area contributed by atoms with Gasteiger partial charge in [-0.1, -0.05) is 95.8 Å². The van der Waals surface area contributed by atoms with Crippen molar-refractivity contribution in [2.75, 3.05) is 0 Å². The molecule has 0 fully saturated rings. The third kappa shape index (κ3) is 4.95. The Morgan fingerprint density at radius 2 is 1.00 bits per heavy atom. The van der Waals surface area contributed by atoms with Crippen molar-refractivity contribution in [3.05, 3.63) is 82.9 Å². The summed E-state index contributed by atoms with van der Waals surface area (Å²) in [6.07, 6.45) is 0. The van der Waals surface area contributed by atoms with Crippen LogP contribution in [0.1, 0.15) is 75.6 Å². The molecule has 0 aliphatic heterocycles. The van der Waals surface area contributed by atoms with Crippen LogP contribution in [0.2, 0.25) is 36.3 Å². The van der Waals surface area contributed by atoms with E-state index in [0.717, 1.165) is 0 Å². The second-order valence-electron chi connectivity index (χ2n) is 11.3. The van der Waals surface area contributed by atoms with Gasteiger partial charge in [-0.2, -0.15) is 0 Å². The maximum absolute atomic E-state index is 3.97. The molecule has 0 spiro atoms. The van der Waals surface area contributed by atoms with Crippen molar-refractivity contribution >= 4 is 47.7 Å². The molecule has 2 unspecified atom stereocenters. The largest absolute Gasteiger partial charge is 0.137 e. The Balaban J connectivity index is 1.80. The van der Waals surface area contributed by atoms with Gasteiger partial charge in [0.1, 0.15) is 16.1 Å². The quantitative estimate of drug-likeness (QED) is 0.162. The molecule has 5 rings (SSSR count). The molecule has 1 heterocycles. The molecule has 0 radical (unpaired) electrons. The number of rotatable bonds is 6. The predicted octanol–water partition coefficient (Wildman–Crippen LogP) is 10.7. The van der Waals surface area contributed by atoms with Crippen LogP contribution in [0.15, 0.2) is 60.7 Å². The summed E-state index contributed by atoms with van der Waals surface area (Å²) in [5, 5.41) is 2.74. The Morgan fingerprint density at radius 1 is 0.538 bits per heavy atom. The van der Waals surface area contributed by atoms with E-state index in [1.165, 1.54) is 78.7 Å². The lowest BCUT2D eigenvalue weighted by molar-refractivity contribution is 0.891. The maximum atomic E-state index is 3.97. The minimum atomic E-state index is -1.58. The van der Waals surface area contributed by atoms with Crippen LogP contribution in [0, 0.1) is 22.9 Å². The zero-order valence-corrected chi connectivity index (χ0v) is 27.4. The van der Waals surface area contributed by atoms with Gasteiger partial charge in [-0.15, -0.1) is 22.4 Å². The van der Waals surface area contributed by atoms with Crippen LogP contribution in [0.5, 0.6) is 0 Å². The van der Waals surface area contributed by atoms with E-state index >= 15 is 0 Å². The molecule has 0 saturated heterocycles. The van der Waals surface area contributed by atoms with Gasteiger partial charge in [0.15, 0.2) is 0 Å². The van der Waals surface area contributed by atoms with E-state index in [0.29, 0.717) is 0 Å². The van der Waals surface area contributed by atoms with E-state index in [-0.39, 0.29) is 11.8 Å². The van der Waals surface area contributed by atoms with Crippen molar-refractivity contribution in [3.8, 4) is 22.9 Å². The van der Waals surface area contributed by atoms with E-state index in [1.54, 1.807) is 0 Å². The molecule has 3 heteroatoms. The lowest BCUT2D eigenvalue weighted by atomic mass is 9.72. The number of fused-ring (bicyclic) bond motifs is 5. The number of benzene rings is 3. The molecule has 0 amide bonds. The molecule has 0 nitrogen and oxygen atoms in total. The lowest BCUT2D eigenvalue weighted by Crippen LogP contribution is -2.30. The van der Waals surface area contributed by atoms with Crippen molar-refractivity contribution in [2.45, 2.75) is 89.6 Å². The SMILES string of the molecule is CC[Si](C#CC1c2ccccc2C(C#C[Si](CC)(CC)CC)c2cc3c(cc21)sc1ccccc13)(CC)CC. The smallest absolute Gasteiger partial charge is 0.135 e. The summed E-state index contributed by atoms with van der Waals surface area (Å²) < 4.78 is 2.73. The molecule has 2 atom stereocenters. The number of hydrogen-bond donors (Lipinski definition) is 0. The zero-order chi connectivity index (χ0) is 27.6. The van der Waals surface area contributed by atoms with Crippen molar-refractivity contribution in [1.82, 2.24) is 0 Å². The third-order valence-corrected chi connectivity index (χ3v) is 20.5. The molecule has 3 aromatic carbocycles. The van der Waals surface area contributed by atoms with Crippen LogP contribution >= 0.6 is 11.3 Å². The average Bonchev–Trinajstić information content (AvgIpc) is 3.36. The number of hydrogen-bond acceptors (Lipinski definition) is 1. The summed E-state index contributed by atoms with van der Waals surface area (Å²) in [5.74, 6) is 8.09. The van der Waals surface area contributed by atoms with Crippen molar-refractivity contribution in [2.24, 2.45) is 0 Å². The van der Waals surface area contributed by atoms with Crippen LogP contribution in [0.3, 0.4) is 0 Å². The van der Waals surface area contributed by atoms with Gasteiger partial charge in [0.25, 0.3) is 0 Å². The fraction of sp³-hybridized carbons (Fsp3) is 0.389. The molecule has 1 aliphatic rings. The lowest BCUT2D eigenvalue weighted by Gasteiger charge is -2.31. The second kappa shape index (κ2) is 11.5. The summed E-state index contributed by atoms with van der Waals surface area (Å²) in [7, 11) is -3.16. The van der Waals surface area contributed by atoms with Gasteiger partial charge in [-0.3, -0.25) is 0 Å². The average molecular weight is 563 g/mol. The summed E-state index contributed by atoms with van der Waals surface area (Å²) in [6, 6.07) is 30.3. The van der Waals surface area contributed by atoms with Crippen molar-refractivity contribution in [1.29, 1.82) is 0 Å². The van der Waals surface area contributed by atoms with E-state index in [2.05, 4.69) is 125 Å². The summed E-state index contributed by atoms with van der Waals surface area (Å²) in [5.41, 5.74) is 13.5. The van der Waals surface area contributed by atoms with Gasteiger partial charge >= 0.3 is 0 Å². The van der Waals surface area contributed by atoms with Gasteiger partial charge in [0.2, 0.25) is 0 Å². The fourth-order valence-electron chi connectivity index (χ4n) is 6.47. The highest BCUT2D eigenvalue weighted by atomic mass is 32.1. The summed E-state index contributed by atoms with van der Waals surface area (Å²) in [6.45, 7) is 14.1. The molecule has 39 heavy (non-hydrogen) atoms. The normalized spacial score (nSPS) is 16.7. The minimum Gasteiger partial charge on any atom is -0.135 e. The number of thiophene rings is 1. The van der Waals surface area contributed by atoms with Crippen LogP contribution in [-0.4, -0.2) is 16.1 Å². The molecule has 4 aromatic rings. The van der Waals surface area contributed by atoms with Gasteiger partial charge in [-0.25, -0.2) is 0 Å². The van der Waals surface area contributed by atoms with E-state index in [4.69, 9.17) is 0 Å². The first kappa shape index (κ1) is 28.0. The molecular formula is C36H42SSi2. The Hall–Kier alpha value is -2.57. The summed E-state index contributed by atoms with van der Waals surface area (Å²) in [4.78, 5) is 0.